The molecule has 0 aromatic rings. The molecule has 0 aliphatic rings. The molecule has 0 saturated carbocycles. The van der Waals surface area contributed by atoms with E-state index >= 15 is 0 Å². The minimum absolute atomic E-state index is 0. The standard InChI is InChI=1S/C36H72O4S.Na/c1-2-3-4-5-6-7-8-9-10-11-12-13-14-15-16-17-18-19-20-21-22-23-24-25-26-27-28-29-30-31-32-33-34-35-36-40-41(37,38)39;/h9-10H,2-8,11-36H2,1H3,(H,37,38,39);/q;+1/p-1. The van der Waals surface area contributed by atoms with Crippen molar-refractivity contribution in [1.29, 1.82) is 0 Å². The molecule has 42 heavy (non-hydrogen) atoms. The summed E-state index contributed by atoms with van der Waals surface area (Å²) >= 11 is 0. The van der Waals surface area contributed by atoms with Crippen LogP contribution in [0.1, 0.15) is 212 Å². The van der Waals surface area contributed by atoms with Crippen LogP contribution in [0.15, 0.2) is 12.2 Å². The Balaban J connectivity index is 0. The molecule has 0 aliphatic carbocycles. The predicted molar refractivity (Wildman–Crippen MR) is 178 cm³/mol. The van der Waals surface area contributed by atoms with Gasteiger partial charge in [0, 0.05) is 0 Å². The molecule has 0 aromatic carbocycles. The van der Waals surface area contributed by atoms with Crippen LogP contribution in [-0.2, 0) is 14.6 Å². The first-order valence-corrected chi connectivity index (χ1v) is 19.6. The normalized spacial score (nSPS) is 11.9. The number of rotatable bonds is 35. The molecule has 0 radical (unpaired) electrons. The number of hydrogen-bond acceptors (Lipinski definition) is 4. The maximum atomic E-state index is 10.3. The van der Waals surface area contributed by atoms with Crippen LogP contribution in [-0.4, -0.2) is 19.6 Å². The number of unbranched alkanes of at least 4 members (excludes halogenated alkanes) is 30. The second-order valence-corrected chi connectivity index (χ2v) is 13.6. The zero-order valence-electron chi connectivity index (χ0n) is 28.5. The molecule has 6 heteroatoms. The third-order valence-corrected chi connectivity index (χ3v) is 8.84. The maximum absolute atomic E-state index is 10.3. The number of allylic oxidation sites excluding steroid dienone is 2. The van der Waals surface area contributed by atoms with Crippen molar-refractivity contribution in [3.05, 3.63) is 12.2 Å². The van der Waals surface area contributed by atoms with Crippen molar-refractivity contribution in [3.8, 4) is 0 Å². The molecule has 0 aliphatic heterocycles. The summed E-state index contributed by atoms with van der Waals surface area (Å²) in [5, 5.41) is 0. The van der Waals surface area contributed by atoms with Gasteiger partial charge in [-0.25, -0.2) is 8.42 Å². The van der Waals surface area contributed by atoms with Gasteiger partial charge in [0.15, 0.2) is 0 Å². The van der Waals surface area contributed by atoms with Gasteiger partial charge in [0.1, 0.15) is 0 Å². The Bertz CT molecular complexity index is 624. The Kier molecular flexibility index (Phi) is 40.3. The Morgan fingerprint density at radius 3 is 0.929 bits per heavy atom. The SMILES string of the molecule is CCCCCCCCC=CCCCCCCCCCCCCCCCCCCCCCCCCCCOS(=O)(=O)[O-].[Na+]. The van der Waals surface area contributed by atoms with Gasteiger partial charge >= 0.3 is 29.6 Å². The molecule has 0 heterocycles. The van der Waals surface area contributed by atoms with Crippen LogP contribution in [0.4, 0.5) is 0 Å². The largest absolute Gasteiger partial charge is 1.00 e. The first-order valence-electron chi connectivity index (χ1n) is 18.3. The van der Waals surface area contributed by atoms with E-state index in [0.29, 0.717) is 6.42 Å². The molecule has 0 bridgehead atoms. The molecule has 246 valence electrons. The summed E-state index contributed by atoms with van der Waals surface area (Å²) in [4.78, 5) is 0. The van der Waals surface area contributed by atoms with Crippen molar-refractivity contribution in [2.45, 2.75) is 212 Å². The first-order chi connectivity index (χ1) is 20.1. The van der Waals surface area contributed by atoms with Crippen molar-refractivity contribution >= 4 is 10.4 Å². The van der Waals surface area contributed by atoms with Gasteiger partial charge in [0.25, 0.3) is 0 Å². The average Bonchev–Trinajstić information content (AvgIpc) is 2.94. The molecule has 0 saturated heterocycles. The third kappa shape index (κ3) is 42.7. The molecular weight excluding hydrogens is 551 g/mol. The fraction of sp³-hybridized carbons (Fsp3) is 0.944. The molecule has 0 fully saturated rings. The molecule has 0 spiro atoms. The van der Waals surface area contributed by atoms with Crippen LogP contribution in [0.3, 0.4) is 0 Å². The van der Waals surface area contributed by atoms with Gasteiger partial charge in [-0.05, 0) is 32.1 Å². The minimum atomic E-state index is -4.51. The van der Waals surface area contributed by atoms with Crippen LogP contribution in [0.25, 0.3) is 0 Å². The van der Waals surface area contributed by atoms with E-state index in [9.17, 15) is 13.0 Å². The Hall–Kier alpha value is 0.610. The van der Waals surface area contributed by atoms with Gasteiger partial charge in [-0.15, -0.1) is 0 Å². The van der Waals surface area contributed by atoms with E-state index in [2.05, 4.69) is 23.3 Å². The quantitative estimate of drug-likeness (QED) is 0.0232. The Morgan fingerprint density at radius 2 is 0.667 bits per heavy atom. The van der Waals surface area contributed by atoms with Gasteiger partial charge in [-0.1, -0.05) is 192 Å². The van der Waals surface area contributed by atoms with Crippen molar-refractivity contribution < 1.29 is 46.7 Å². The van der Waals surface area contributed by atoms with Crippen LogP contribution in [0, 0.1) is 0 Å². The van der Waals surface area contributed by atoms with E-state index in [-0.39, 0.29) is 36.2 Å². The summed E-state index contributed by atoms with van der Waals surface area (Å²) in [6.07, 6.45) is 47.9. The van der Waals surface area contributed by atoms with E-state index in [1.165, 1.54) is 186 Å². The average molecular weight is 623 g/mol. The molecule has 0 unspecified atom stereocenters. The summed E-state index contributed by atoms with van der Waals surface area (Å²) in [5.41, 5.74) is 0. The fourth-order valence-electron chi connectivity index (χ4n) is 5.69. The summed E-state index contributed by atoms with van der Waals surface area (Å²) < 4.78 is 35.2. The summed E-state index contributed by atoms with van der Waals surface area (Å²) in [6, 6.07) is 0. The smallest absolute Gasteiger partial charge is 0.726 e. The van der Waals surface area contributed by atoms with Crippen molar-refractivity contribution in [1.82, 2.24) is 0 Å². The van der Waals surface area contributed by atoms with Gasteiger partial charge in [0.2, 0.25) is 10.4 Å². The van der Waals surface area contributed by atoms with E-state index in [4.69, 9.17) is 0 Å². The third-order valence-electron chi connectivity index (χ3n) is 8.38. The fourth-order valence-corrected chi connectivity index (χ4v) is 6.01. The molecule has 4 nitrogen and oxygen atoms in total. The zero-order chi connectivity index (χ0) is 30.0. The second-order valence-electron chi connectivity index (χ2n) is 12.5. The monoisotopic (exact) mass is 622 g/mol. The van der Waals surface area contributed by atoms with Crippen LogP contribution in [0.5, 0.6) is 0 Å². The van der Waals surface area contributed by atoms with Gasteiger partial charge in [-0.2, -0.15) is 0 Å². The summed E-state index contributed by atoms with van der Waals surface area (Å²) in [5.74, 6) is 0. The molecular formula is C36H71NaO4S. The molecule has 0 rings (SSSR count). The summed E-state index contributed by atoms with van der Waals surface area (Å²) in [6.45, 7) is 2.32. The van der Waals surface area contributed by atoms with E-state index < -0.39 is 10.4 Å². The van der Waals surface area contributed by atoms with Crippen molar-refractivity contribution in [2.24, 2.45) is 0 Å². The van der Waals surface area contributed by atoms with E-state index in [0.717, 1.165) is 12.8 Å². The van der Waals surface area contributed by atoms with Crippen LogP contribution < -0.4 is 29.6 Å². The van der Waals surface area contributed by atoms with Gasteiger partial charge in [-0.3, -0.25) is 4.18 Å². The minimum Gasteiger partial charge on any atom is -0.726 e. The zero-order valence-corrected chi connectivity index (χ0v) is 31.3. The van der Waals surface area contributed by atoms with Gasteiger partial charge < -0.3 is 4.55 Å². The summed E-state index contributed by atoms with van der Waals surface area (Å²) in [7, 11) is -4.51. The number of hydrogen-bond donors (Lipinski definition) is 0. The van der Waals surface area contributed by atoms with Crippen molar-refractivity contribution in [3.63, 3.8) is 0 Å². The molecule has 0 N–H and O–H groups in total. The Labute approximate surface area is 286 Å². The molecule has 0 atom stereocenters. The van der Waals surface area contributed by atoms with Gasteiger partial charge in [0.05, 0.1) is 6.61 Å². The first kappa shape index (κ1) is 44.7. The topological polar surface area (TPSA) is 66.4 Å². The Morgan fingerprint density at radius 1 is 0.429 bits per heavy atom. The molecule has 0 amide bonds. The van der Waals surface area contributed by atoms with Crippen LogP contribution in [0.2, 0.25) is 0 Å². The van der Waals surface area contributed by atoms with Crippen molar-refractivity contribution in [2.75, 3.05) is 6.61 Å². The van der Waals surface area contributed by atoms with Crippen LogP contribution >= 0.6 is 0 Å². The second kappa shape index (κ2) is 37.8. The predicted octanol–water partition coefficient (Wildman–Crippen LogP) is 9.53. The maximum Gasteiger partial charge on any atom is 1.00 e. The molecule has 0 aromatic heterocycles. The van der Waals surface area contributed by atoms with E-state index in [1.54, 1.807) is 0 Å². The van der Waals surface area contributed by atoms with E-state index in [1.807, 2.05) is 0 Å².